The minimum Gasteiger partial charge on any atom is -0.467 e. The molecule has 0 aliphatic rings. The van der Waals surface area contributed by atoms with Gasteiger partial charge in [0, 0.05) is 11.4 Å². The summed E-state index contributed by atoms with van der Waals surface area (Å²) in [5.74, 6) is 1.22. The van der Waals surface area contributed by atoms with E-state index in [9.17, 15) is 5.11 Å². The Kier molecular flexibility index (Phi) is 7.21. The van der Waals surface area contributed by atoms with E-state index in [1.54, 1.807) is 30.2 Å². The predicted octanol–water partition coefficient (Wildman–Crippen LogP) is 3.10. The number of furan rings is 1. The Bertz CT molecular complexity index is 656. The van der Waals surface area contributed by atoms with Crippen LogP contribution in [0.15, 0.2) is 50.9 Å². The van der Waals surface area contributed by atoms with Crippen molar-refractivity contribution in [2.24, 2.45) is 4.99 Å². The van der Waals surface area contributed by atoms with Gasteiger partial charge in [-0.1, -0.05) is 12.1 Å². The van der Waals surface area contributed by atoms with E-state index in [4.69, 9.17) is 4.42 Å². The highest BCUT2D eigenvalue weighted by Gasteiger charge is 2.11. The summed E-state index contributed by atoms with van der Waals surface area (Å²) in [5.41, 5.74) is 2.44. The smallest absolute Gasteiger partial charge is 0.191 e. The minimum absolute atomic E-state index is 0.336. The van der Waals surface area contributed by atoms with Crippen molar-refractivity contribution in [1.82, 2.24) is 10.6 Å². The second kappa shape index (κ2) is 9.39. The highest BCUT2D eigenvalue weighted by molar-refractivity contribution is 7.98. The molecule has 0 bridgehead atoms. The van der Waals surface area contributed by atoms with Gasteiger partial charge in [0.1, 0.15) is 11.9 Å². The first-order valence-corrected chi connectivity index (χ1v) is 9.23. The largest absolute Gasteiger partial charge is 0.467 e. The average molecular weight is 347 g/mol. The molecular weight excluding hydrogens is 322 g/mol. The third kappa shape index (κ3) is 5.32. The standard InChI is InChI=1S/C18H25N3O2S/c1-4-19-18(21-12-15(22)16-6-5-9-23-16)20-11-14-8-7-13(2)10-17(14)24-3/h5-10,15,22H,4,11-12H2,1-3H3,(H2,19,20,21). The molecule has 5 nitrogen and oxygen atoms in total. The highest BCUT2D eigenvalue weighted by Crippen LogP contribution is 2.22. The van der Waals surface area contributed by atoms with Crippen LogP contribution in [-0.2, 0) is 6.54 Å². The molecule has 6 heteroatoms. The fourth-order valence-electron chi connectivity index (χ4n) is 2.26. The van der Waals surface area contributed by atoms with E-state index in [0.29, 0.717) is 24.8 Å². The molecule has 0 aliphatic heterocycles. The number of hydrogen-bond acceptors (Lipinski definition) is 4. The number of aliphatic hydroxyl groups is 1. The lowest BCUT2D eigenvalue weighted by molar-refractivity contribution is 0.153. The van der Waals surface area contributed by atoms with Gasteiger partial charge in [-0.2, -0.15) is 0 Å². The first-order valence-electron chi connectivity index (χ1n) is 8.01. The molecular formula is C18H25N3O2S. The lowest BCUT2D eigenvalue weighted by Gasteiger charge is -2.14. The van der Waals surface area contributed by atoms with Gasteiger partial charge in [-0.15, -0.1) is 11.8 Å². The van der Waals surface area contributed by atoms with E-state index in [0.717, 1.165) is 6.54 Å². The molecule has 1 heterocycles. The molecule has 1 unspecified atom stereocenters. The monoisotopic (exact) mass is 347 g/mol. The van der Waals surface area contributed by atoms with Crippen LogP contribution in [0.5, 0.6) is 0 Å². The number of thioether (sulfide) groups is 1. The molecule has 0 fully saturated rings. The number of aryl methyl sites for hydroxylation is 1. The van der Waals surface area contributed by atoms with Gasteiger partial charge in [-0.25, -0.2) is 4.99 Å². The van der Waals surface area contributed by atoms with Crippen LogP contribution >= 0.6 is 11.8 Å². The third-order valence-corrected chi connectivity index (χ3v) is 4.35. The molecule has 0 aliphatic carbocycles. The number of nitrogens with zero attached hydrogens (tertiary/aromatic N) is 1. The van der Waals surface area contributed by atoms with Crippen molar-refractivity contribution in [2.75, 3.05) is 19.3 Å². The first kappa shape index (κ1) is 18.4. The van der Waals surface area contributed by atoms with Crippen LogP contribution in [0.2, 0.25) is 0 Å². The molecule has 0 saturated heterocycles. The summed E-state index contributed by atoms with van der Waals surface area (Å²) in [6, 6.07) is 9.92. The summed E-state index contributed by atoms with van der Waals surface area (Å²) in [7, 11) is 0. The summed E-state index contributed by atoms with van der Waals surface area (Å²) in [6.45, 7) is 5.78. The minimum atomic E-state index is -0.704. The van der Waals surface area contributed by atoms with Gasteiger partial charge in [0.25, 0.3) is 0 Å². The number of rotatable bonds is 7. The first-order chi connectivity index (χ1) is 11.6. The van der Waals surface area contributed by atoms with Crippen molar-refractivity contribution in [3.05, 3.63) is 53.5 Å². The average Bonchev–Trinajstić information content (AvgIpc) is 3.12. The van der Waals surface area contributed by atoms with Crippen LogP contribution in [0.1, 0.15) is 29.9 Å². The molecule has 0 saturated carbocycles. The van der Waals surface area contributed by atoms with Crippen molar-refractivity contribution in [2.45, 2.75) is 31.4 Å². The van der Waals surface area contributed by atoms with Gasteiger partial charge < -0.3 is 20.2 Å². The van der Waals surface area contributed by atoms with Gasteiger partial charge in [-0.3, -0.25) is 0 Å². The molecule has 24 heavy (non-hydrogen) atoms. The summed E-state index contributed by atoms with van der Waals surface area (Å²) >= 11 is 1.73. The van der Waals surface area contributed by atoms with E-state index >= 15 is 0 Å². The summed E-state index contributed by atoms with van der Waals surface area (Å²) in [4.78, 5) is 5.86. The van der Waals surface area contributed by atoms with Crippen LogP contribution in [0.3, 0.4) is 0 Å². The Labute approximate surface area is 147 Å². The highest BCUT2D eigenvalue weighted by atomic mass is 32.2. The Morgan fingerprint density at radius 1 is 1.33 bits per heavy atom. The number of nitrogens with one attached hydrogen (secondary N) is 2. The zero-order chi connectivity index (χ0) is 17.4. The number of aliphatic hydroxyl groups excluding tert-OH is 1. The van der Waals surface area contributed by atoms with E-state index in [1.165, 1.54) is 16.0 Å². The van der Waals surface area contributed by atoms with Crippen LogP contribution in [0, 0.1) is 6.92 Å². The Morgan fingerprint density at radius 2 is 2.17 bits per heavy atom. The summed E-state index contributed by atoms with van der Waals surface area (Å²) < 4.78 is 5.21. The summed E-state index contributed by atoms with van der Waals surface area (Å²) in [6.07, 6.45) is 2.93. The summed E-state index contributed by atoms with van der Waals surface area (Å²) in [5, 5.41) is 16.4. The fraction of sp³-hybridized carbons (Fsp3) is 0.389. The topological polar surface area (TPSA) is 69.8 Å². The second-order valence-corrected chi connectivity index (χ2v) is 6.27. The van der Waals surface area contributed by atoms with Crippen molar-refractivity contribution < 1.29 is 9.52 Å². The van der Waals surface area contributed by atoms with Crippen molar-refractivity contribution in [3.8, 4) is 0 Å². The van der Waals surface area contributed by atoms with Crippen LogP contribution in [-0.4, -0.2) is 30.4 Å². The van der Waals surface area contributed by atoms with Crippen molar-refractivity contribution >= 4 is 17.7 Å². The van der Waals surface area contributed by atoms with Crippen molar-refractivity contribution in [1.29, 1.82) is 0 Å². The van der Waals surface area contributed by atoms with E-state index in [2.05, 4.69) is 47.0 Å². The van der Waals surface area contributed by atoms with Crippen LogP contribution in [0.4, 0.5) is 0 Å². The second-order valence-electron chi connectivity index (χ2n) is 5.42. The molecule has 0 radical (unpaired) electrons. The van der Waals surface area contributed by atoms with Gasteiger partial charge in [0.05, 0.1) is 19.4 Å². The third-order valence-electron chi connectivity index (χ3n) is 3.53. The molecule has 1 aromatic carbocycles. The molecule has 1 atom stereocenters. The van der Waals surface area contributed by atoms with Crippen LogP contribution in [0.25, 0.3) is 0 Å². The molecule has 0 spiro atoms. The molecule has 3 N–H and O–H groups in total. The molecule has 2 aromatic rings. The van der Waals surface area contributed by atoms with Gasteiger partial charge in [-0.05, 0) is 49.4 Å². The molecule has 0 amide bonds. The fourth-order valence-corrected chi connectivity index (χ4v) is 2.96. The van der Waals surface area contributed by atoms with E-state index < -0.39 is 6.10 Å². The zero-order valence-electron chi connectivity index (χ0n) is 14.4. The Morgan fingerprint density at radius 3 is 2.83 bits per heavy atom. The molecule has 130 valence electrons. The molecule has 1 aromatic heterocycles. The van der Waals surface area contributed by atoms with E-state index in [1.807, 2.05) is 6.92 Å². The van der Waals surface area contributed by atoms with Crippen molar-refractivity contribution in [3.63, 3.8) is 0 Å². The van der Waals surface area contributed by atoms with Gasteiger partial charge in [0.15, 0.2) is 5.96 Å². The predicted molar refractivity (Wildman–Crippen MR) is 99.4 cm³/mol. The maximum absolute atomic E-state index is 10.1. The normalized spacial score (nSPS) is 12.9. The number of guanidine groups is 1. The Hall–Kier alpha value is -1.92. The van der Waals surface area contributed by atoms with E-state index in [-0.39, 0.29) is 0 Å². The maximum Gasteiger partial charge on any atom is 0.191 e. The lowest BCUT2D eigenvalue weighted by atomic mass is 10.1. The maximum atomic E-state index is 10.1. The van der Waals surface area contributed by atoms with Gasteiger partial charge >= 0.3 is 0 Å². The SMILES string of the molecule is CCNC(=NCc1ccc(C)cc1SC)NCC(O)c1ccco1. The Balaban J connectivity index is 2.00. The lowest BCUT2D eigenvalue weighted by Crippen LogP contribution is -2.39. The number of aliphatic imine (C=N–C) groups is 1. The number of hydrogen-bond donors (Lipinski definition) is 3. The zero-order valence-corrected chi connectivity index (χ0v) is 15.2. The van der Waals surface area contributed by atoms with Gasteiger partial charge in [0.2, 0.25) is 0 Å². The van der Waals surface area contributed by atoms with Crippen LogP contribution < -0.4 is 10.6 Å². The molecule has 2 rings (SSSR count). The quantitative estimate of drug-likeness (QED) is 0.408. The number of benzene rings is 1.